The van der Waals surface area contributed by atoms with Crippen LogP contribution in [0.1, 0.15) is 0 Å². The summed E-state index contributed by atoms with van der Waals surface area (Å²) in [5.74, 6) is -0.208. The van der Waals surface area contributed by atoms with Gasteiger partial charge >= 0.3 is 0 Å². The Morgan fingerprint density at radius 3 is 1.92 bits per heavy atom. The Balaban J connectivity index is 1.97. The van der Waals surface area contributed by atoms with Crippen LogP contribution in [0.2, 0.25) is 0 Å². The minimum absolute atomic E-state index is 0.208. The minimum atomic E-state index is -0.208. The van der Waals surface area contributed by atoms with E-state index in [0.717, 1.165) is 15.6 Å². The van der Waals surface area contributed by atoms with Gasteiger partial charge in [-0.25, -0.2) is 4.39 Å². The second kappa shape index (κ2) is 5.02. The maximum absolute atomic E-state index is 13.3. The van der Waals surface area contributed by atoms with Crippen LogP contribution in [-0.2, 0) is 0 Å². The smallest absolute Gasteiger partial charge is 0.123 e. The molecule has 0 fully saturated rings. The van der Waals surface area contributed by atoms with Crippen LogP contribution < -0.4 is 0 Å². The van der Waals surface area contributed by atoms with Gasteiger partial charge in [0, 0.05) is 4.47 Å². The molecule has 0 amide bonds. The number of hydrogen-bond acceptors (Lipinski definition) is 0. The number of hydrogen-bond donors (Lipinski definition) is 0. The van der Waals surface area contributed by atoms with Crippen LogP contribution >= 0.6 is 15.9 Å². The van der Waals surface area contributed by atoms with E-state index in [1.54, 1.807) is 0 Å². The fourth-order valence-corrected chi connectivity index (χ4v) is 4.11. The first-order valence-electron chi connectivity index (χ1n) is 7.84. The summed E-state index contributed by atoms with van der Waals surface area (Å²) in [6.07, 6.45) is 0. The molecule has 0 aliphatic carbocycles. The summed E-state index contributed by atoms with van der Waals surface area (Å²) in [6, 6.07) is 23.9. The van der Waals surface area contributed by atoms with Crippen LogP contribution in [0.4, 0.5) is 4.39 Å². The summed E-state index contributed by atoms with van der Waals surface area (Å²) in [5.41, 5.74) is 2.17. The molecule has 24 heavy (non-hydrogen) atoms. The van der Waals surface area contributed by atoms with E-state index in [2.05, 4.69) is 64.5 Å². The standard InChI is InChI=1S/C22H12BrF/c23-20-12-6-15-4-10-18-17(13-1-7-16(24)8-2-13)9-3-14-5-11-19(20)22(15)21(14)18/h1-12H. The van der Waals surface area contributed by atoms with Gasteiger partial charge in [0.05, 0.1) is 0 Å². The lowest BCUT2D eigenvalue weighted by atomic mass is 9.90. The van der Waals surface area contributed by atoms with Crippen LogP contribution in [0.25, 0.3) is 43.4 Å². The van der Waals surface area contributed by atoms with E-state index in [1.807, 2.05) is 12.1 Å². The lowest BCUT2D eigenvalue weighted by Crippen LogP contribution is -1.88. The topological polar surface area (TPSA) is 0 Å². The molecule has 0 nitrogen and oxygen atoms in total. The second-order valence-electron chi connectivity index (χ2n) is 6.09. The summed E-state index contributed by atoms with van der Waals surface area (Å²) in [5, 5.41) is 7.45. The zero-order valence-corrected chi connectivity index (χ0v) is 14.3. The van der Waals surface area contributed by atoms with E-state index in [0.29, 0.717) is 0 Å². The molecular formula is C22H12BrF. The van der Waals surface area contributed by atoms with Crippen molar-refractivity contribution in [1.82, 2.24) is 0 Å². The average molecular weight is 375 g/mol. The zero-order chi connectivity index (χ0) is 16.3. The van der Waals surface area contributed by atoms with Gasteiger partial charge in [0.1, 0.15) is 5.82 Å². The predicted molar refractivity (Wildman–Crippen MR) is 103 cm³/mol. The molecule has 5 aromatic carbocycles. The highest BCUT2D eigenvalue weighted by Crippen LogP contribution is 2.41. The molecule has 0 aliphatic rings. The average Bonchev–Trinajstić information content (AvgIpc) is 2.62. The molecule has 0 radical (unpaired) electrons. The van der Waals surface area contributed by atoms with Crippen molar-refractivity contribution >= 4 is 48.2 Å². The summed E-state index contributed by atoms with van der Waals surface area (Å²) < 4.78 is 14.4. The van der Waals surface area contributed by atoms with Crippen molar-refractivity contribution < 1.29 is 4.39 Å². The Hall–Kier alpha value is -2.45. The van der Waals surface area contributed by atoms with Crippen molar-refractivity contribution in [3.05, 3.63) is 83.1 Å². The number of rotatable bonds is 1. The van der Waals surface area contributed by atoms with Gasteiger partial charge < -0.3 is 0 Å². The zero-order valence-electron chi connectivity index (χ0n) is 12.7. The van der Waals surface area contributed by atoms with Crippen molar-refractivity contribution in [2.75, 3.05) is 0 Å². The maximum Gasteiger partial charge on any atom is 0.123 e. The lowest BCUT2D eigenvalue weighted by Gasteiger charge is -2.15. The highest BCUT2D eigenvalue weighted by molar-refractivity contribution is 9.10. The van der Waals surface area contributed by atoms with E-state index in [4.69, 9.17) is 0 Å². The van der Waals surface area contributed by atoms with Gasteiger partial charge in [0.25, 0.3) is 0 Å². The molecule has 0 unspecified atom stereocenters. The first-order valence-corrected chi connectivity index (χ1v) is 8.64. The predicted octanol–water partition coefficient (Wildman–Crippen LogP) is 7.15. The van der Waals surface area contributed by atoms with Gasteiger partial charge in [0.2, 0.25) is 0 Å². The first kappa shape index (κ1) is 13.9. The van der Waals surface area contributed by atoms with Gasteiger partial charge in [-0.15, -0.1) is 0 Å². The monoisotopic (exact) mass is 374 g/mol. The normalized spacial score (nSPS) is 11.8. The van der Waals surface area contributed by atoms with E-state index in [9.17, 15) is 4.39 Å². The van der Waals surface area contributed by atoms with Gasteiger partial charge in [-0.1, -0.05) is 70.5 Å². The van der Waals surface area contributed by atoms with Gasteiger partial charge in [0.15, 0.2) is 0 Å². The van der Waals surface area contributed by atoms with Crippen LogP contribution in [0.15, 0.2) is 77.3 Å². The molecule has 0 N–H and O–H groups in total. The van der Waals surface area contributed by atoms with E-state index >= 15 is 0 Å². The second-order valence-corrected chi connectivity index (χ2v) is 6.94. The lowest BCUT2D eigenvalue weighted by molar-refractivity contribution is 0.628. The highest BCUT2D eigenvalue weighted by atomic mass is 79.9. The first-order chi connectivity index (χ1) is 11.7. The van der Waals surface area contributed by atoms with Crippen LogP contribution in [-0.4, -0.2) is 0 Å². The third kappa shape index (κ3) is 1.90. The Morgan fingerprint density at radius 1 is 0.583 bits per heavy atom. The number of benzene rings is 5. The largest absolute Gasteiger partial charge is 0.207 e. The molecule has 0 bridgehead atoms. The van der Waals surface area contributed by atoms with Gasteiger partial charge in [-0.3, -0.25) is 0 Å². The van der Waals surface area contributed by atoms with E-state index in [-0.39, 0.29) is 5.82 Å². The van der Waals surface area contributed by atoms with Crippen molar-refractivity contribution in [1.29, 1.82) is 0 Å². The van der Waals surface area contributed by atoms with Crippen molar-refractivity contribution in [2.24, 2.45) is 0 Å². The van der Waals surface area contributed by atoms with Crippen molar-refractivity contribution in [3.63, 3.8) is 0 Å². The van der Waals surface area contributed by atoms with Gasteiger partial charge in [-0.2, -0.15) is 0 Å². The molecule has 0 saturated heterocycles. The third-order valence-corrected chi connectivity index (χ3v) is 5.46. The van der Waals surface area contributed by atoms with Crippen LogP contribution in [0.5, 0.6) is 0 Å². The van der Waals surface area contributed by atoms with E-state index in [1.165, 1.54) is 44.5 Å². The molecule has 114 valence electrons. The molecule has 0 spiro atoms. The third-order valence-electron chi connectivity index (χ3n) is 4.77. The maximum atomic E-state index is 13.3. The molecule has 5 aromatic rings. The Bertz CT molecular complexity index is 1210. The summed E-state index contributed by atoms with van der Waals surface area (Å²) >= 11 is 3.67. The molecule has 0 aliphatic heterocycles. The Labute approximate surface area is 147 Å². The summed E-state index contributed by atoms with van der Waals surface area (Å²) in [4.78, 5) is 0. The number of halogens is 2. The SMILES string of the molecule is Fc1ccc(-c2ccc3ccc4c(Br)ccc5ccc2c3c54)cc1. The molecule has 0 aromatic heterocycles. The molecule has 0 atom stereocenters. The van der Waals surface area contributed by atoms with E-state index < -0.39 is 0 Å². The van der Waals surface area contributed by atoms with Crippen LogP contribution in [0, 0.1) is 5.82 Å². The quantitative estimate of drug-likeness (QED) is 0.273. The fourth-order valence-electron chi connectivity index (χ4n) is 3.65. The summed E-state index contributed by atoms with van der Waals surface area (Å²) in [6.45, 7) is 0. The Morgan fingerprint density at radius 2 is 1.17 bits per heavy atom. The Kier molecular flexibility index (Phi) is 2.92. The molecule has 5 rings (SSSR count). The molecule has 0 heterocycles. The molecule has 0 saturated carbocycles. The molecule has 2 heteroatoms. The van der Waals surface area contributed by atoms with Crippen molar-refractivity contribution in [3.8, 4) is 11.1 Å². The van der Waals surface area contributed by atoms with Crippen molar-refractivity contribution in [2.45, 2.75) is 0 Å². The fraction of sp³-hybridized carbons (Fsp3) is 0. The summed E-state index contributed by atoms with van der Waals surface area (Å²) in [7, 11) is 0. The minimum Gasteiger partial charge on any atom is -0.207 e. The molecular weight excluding hydrogens is 363 g/mol. The van der Waals surface area contributed by atoms with Crippen LogP contribution in [0.3, 0.4) is 0 Å². The van der Waals surface area contributed by atoms with Gasteiger partial charge in [-0.05, 0) is 61.6 Å². The highest BCUT2D eigenvalue weighted by Gasteiger charge is 2.13.